The number of aryl methyl sites for hydroxylation is 1. The van der Waals surface area contributed by atoms with E-state index in [1.165, 1.54) is 5.56 Å². The van der Waals surface area contributed by atoms with Gasteiger partial charge in [-0.2, -0.15) is 0 Å². The van der Waals surface area contributed by atoms with E-state index in [9.17, 15) is 4.79 Å². The minimum Gasteiger partial charge on any atom is -0.481 e. The first kappa shape index (κ1) is 15.9. The van der Waals surface area contributed by atoms with E-state index in [0.29, 0.717) is 6.42 Å². The van der Waals surface area contributed by atoms with Crippen LogP contribution >= 0.6 is 11.8 Å². The van der Waals surface area contributed by atoms with Gasteiger partial charge in [0, 0.05) is 5.75 Å². The maximum Gasteiger partial charge on any atom is 0.309 e. The Balaban J connectivity index is 1.79. The molecule has 0 aliphatic rings. The lowest BCUT2D eigenvalue weighted by atomic mass is 9.88. The highest BCUT2D eigenvalue weighted by Crippen LogP contribution is 2.25. The Bertz CT molecular complexity index is 634. The largest absolute Gasteiger partial charge is 0.481 e. The number of hydrogen-bond donors (Lipinski definition) is 2. The van der Waals surface area contributed by atoms with Gasteiger partial charge in [0.05, 0.1) is 16.4 Å². The molecular weight excluding hydrogens is 284 g/mol. The number of nitrogens with zero attached hydrogens (tertiary/aromatic N) is 1. The van der Waals surface area contributed by atoms with E-state index >= 15 is 0 Å². The SMILES string of the molecule is Cc1ccc2nc(SCCCCC(C)(C)C(=O)O)[nH]c2c1. The predicted molar refractivity (Wildman–Crippen MR) is 86.8 cm³/mol. The van der Waals surface area contributed by atoms with Crippen molar-refractivity contribution in [2.75, 3.05) is 5.75 Å². The average molecular weight is 306 g/mol. The fourth-order valence-corrected chi connectivity index (χ4v) is 3.00. The van der Waals surface area contributed by atoms with Crippen LogP contribution in [0.25, 0.3) is 11.0 Å². The maximum absolute atomic E-state index is 11.0. The highest BCUT2D eigenvalue weighted by molar-refractivity contribution is 7.99. The molecule has 0 unspecified atom stereocenters. The molecule has 1 aromatic carbocycles. The monoisotopic (exact) mass is 306 g/mol. The summed E-state index contributed by atoms with van der Waals surface area (Å²) in [7, 11) is 0. The molecule has 0 radical (unpaired) electrons. The molecule has 0 fully saturated rings. The molecule has 0 aliphatic carbocycles. The average Bonchev–Trinajstić information content (AvgIpc) is 2.79. The van der Waals surface area contributed by atoms with Crippen LogP contribution in [0.15, 0.2) is 23.4 Å². The summed E-state index contributed by atoms with van der Waals surface area (Å²) in [6.07, 6.45) is 2.63. The zero-order chi connectivity index (χ0) is 15.5. The van der Waals surface area contributed by atoms with Gasteiger partial charge in [-0.15, -0.1) is 0 Å². The van der Waals surface area contributed by atoms with Crippen LogP contribution in [0.1, 0.15) is 38.7 Å². The first-order chi connectivity index (χ1) is 9.88. The van der Waals surface area contributed by atoms with Gasteiger partial charge in [-0.05, 0) is 51.3 Å². The van der Waals surface area contributed by atoms with Gasteiger partial charge in [-0.1, -0.05) is 24.2 Å². The van der Waals surface area contributed by atoms with Gasteiger partial charge in [-0.25, -0.2) is 4.98 Å². The van der Waals surface area contributed by atoms with Crippen LogP contribution in [0.3, 0.4) is 0 Å². The summed E-state index contributed by atoms with van der Waals surface area (Å²) in [5, 5.41) is 10.00. The van der Waals surface area contributed by atoms with E-state index in [-0.39, 0.29) is 0 Å². The van der Waals surface area contributed by atoms with Crippen molar-refractivity contribution < 1.29 is 9.90 Å². The van der Waals surface area contributed by atoms with E-state index < -0.39 is 11.4 Å². The fourth-order valence-electron chi connectivity index (χ4n) is 2.11. The normalized spacial score (nSPS) is 12.0. The van der Waals surface area contributed by atoms with Crippen molar-refractivity contribution in [1.82, 2.24) is 9.97 Å². The second-order valence-corrected chi connectivity index (χ2v) is 7.14. The summed E-state index contributed by atoms with van der Waals surface area (Å²) in [5.74, 6) is 0.233. The number of nitrogens with one attached hydrogen (secondary N) is 1. The molecule has 2 aromatic rings. The zero-order valence-electron chi connectivity index (χ0n) is 12.8. The van der Waals surface area contributed by atoms with E-state index in [1.54, 1.807) is 25.6 Å². The molecule has 4 nitrogen and oxygen atoms in total. The maximum atomic E-state index is 11.0. The Hall–Kier alpha value is -1.49. The second kappa shape index (κ2) is 6.52. The molecule has 114 valence electrons. The van der Waals surface area contributed by atoms with Crippen molar-refractivity contribution in [3.8, 4) is 0 Å². The number of aromatic nitrogens is 2. The van der Waals surface area contributed by atoms with E-state index in [2.05, 4.69) is 29.0 Å². The van der Waals surface area contributed by atoms with Crippen LogP contribution in [0, 0.1) is 12.3 Å². The molecular formula is C16H22N2O2S. The lowest BCUT2D eigenvalue weighted by molar-refractivity contribution is -0.147. The number of carboxylic acids is 1. The third-order valence-electron chi connectivity index (χ3n) is 3.63. The number of imidazole rings is 1. The molecule has 21 heavy (non-hydrogen) atoms. The van der Waals surface area contributed by atoms with Gasteiger partial charge in [-0.3, -0.25) is 4.79 Å². The number of rotatable bonds is 7. The van der Waals surface area contributed by atoms with Crippen LogP contribution in [-0.2, 0) is 4.79 Å². The number of hydrogen-bond acceptors (Lipinski definition) is 3. The van der Waals surface area contributed by atoms with Gasteiger partial charge < -0.3 is 10.1 Å². The standard InChI is InChI=1S/C16H22N2O2S/c1-11-6-7-12-13(10-11)18-15(17-12)21-9-5-4-8-16(2,3)14(19)20/h6-7,10H,4-5,8-9H2,1-3H3,(H,17,18)(H,19,20). The molecule has 0 spiro atoms. The summed E-state index contributed by atoms with van der Waals surface area (Å²) >= 11 is 1.70. The summed E-state index contributed by atoms with van der Waals surface area (Å²) in [4.78, 5) is 18.9. The minimum absolute atomic E-state index is 0.623. The Morgan fingerprint density at radius 1 is 1.38 bits per heavy atom. The summed E-state index contributed by atoms with van der Waals surface area (Å²) in [5.41, 5.74) is 2.67. The Morgan fingerprint density at radius 2 is 2.14 bits per heavy atom. The second-order valence-electron chi connectivity index (χ2n) is 6.06. The zero-order valence-corrected chi connectivity index (χ0v) is 13.6. The Morgan fingerprint density at radius 3 is 2.86 bits per heavy atom. The van der Waals surface area contributed by atoms with E-state index in [4.69, 9.17) is 5.11 Å². The van der Waals surface area contributed by atoms with Gasteiger partial charge in [0.2, 0.25) is 0 Å². The molecule has 1 heterocycles. The highest BCUT2D eigenvalue weighted by Gasteiger charge is 2.25. The first-order valence-corrected chi connectivity index (χ1v) is 8.19. The summed E-state index contributed by atoms with van der Waals surface area (Å²) in [6, 6.07) is 6.19. The molecule has 0 atom stereocenters. The number of aromatic amines is 1. The summed E-state index contributed by atoms with van der Waals surface area (Å²) < 4.78 is 0. The topological polar surface area (TPSA) is 66.0 Å². The van der Waals surface area contributed by atoms with E-state index in [0.717, 1.165) is 34.8 Å². The van der Waals surface area contributed by atoms with Gasteiger partial charge in [0.15, 0.2) is 5.16 Å². The van der Waals surface area contributed by atoms with Crippen LogP contribution in [0.5, 0.6) is 0 Å². The molecule has 0 saturated carbocycles. The van der Waals surface area contributed by atoms with Crippen molar-refractivity contribution in [3.63, 3.8) is 0 Å². The van der Waals surface area contributed by atoms with Crippen molar-refractivity contribution in [2.45, 2.75) is 45.2 Å². The smallest absolute Gasteiger partial charge is 0.309 e. The van der Waals surface area contributed by atoms with Crippen molar-refractivity contribution in [1.29, 1.82) is 0 Å². The number of thioether (sulfide) groups is 1. The number of carboxylic acid groups (broad SMARTS) is 1. The molecule has 2 rings (SSSR count). The van der Waals surface area contributed by atoms with Crippen LogP contribution in [0.2, 0.25) is 0 Å². The van der Waals surface area contributed by atoms with Crippen molar-refractivity contribution >= 4 is 28.8 Å². The third-order valence-corrected chi connectivity index (χ3v) is 4.59. The Labute approximate surface area is 129 Å². The highest BCUT2D eigenvalue weighted by atomic mass is 32.2. The molecule has 0 saturated heterocycles. The third kappa shape index (κ3) is 4.24. The quantitative estimate of drug-likeness (QED) is 0.593. The van der Waals surface area contributed by atoms with Gasteiger partial charge >= 0.3 is 5.97 Å². The predicted octanol–water partition coefficient (Wildman–Crippen LogP) is 4.24. The van der Waals surface area contributed by atoms with Crippen LogP contribution in [0.4, 0.5) is 0 Å². The number of unbranched alkanes of at least 4 members (excludes halogenated alkanes) is 1. The number of aliphatic carboxylic acids is 1. The van der Waals surface area contributed by atoms with Crippen molar-refractivity contribution in [2.24, 2.45) is 5.41 Å². The molecule has 0 bridgehead atoms. The van der Waals surface area contributed by atoms with Gasteiger partial charge in [0.1, 0.15) is 0 Å². The molecule has 2 N–H and O–H groups in total. The van der Waals surface area contributed by atoms with Gasteiger partial charge in [0.25, 0.3) is 0 Å². The summed E-state index contributed by atoms with van der Waals surface area (Å²) in [6.45, 7) is 5.63. The molecule has 0 amide bonds. The van der Waals surface area contributed by atoms with Crippen LogP contribution < -0.4 is 0 Å². The van der Waals surface area contributed by atoms with E-state index in [1.807, 2.05) is 6.07 Å². The molecule has 1 aromatic heterocycles. The number of H-pyrrole nitrogens is 1. The fraction of sp³-hybridized carbons (Fsp3) is 0.500. The lowest BCUT2D eigenvalue weighted by Crippen LogP contribution is -2.23. The molecule has 0 aliphatic heterocycles. The number of benzene rings is 1. The minimum atomic E-state index is -0.720. The molecule has 5 heteroatoms. The first-order valence-electron chi connectivity index (χ1n) is 7.21. The number of carbonyl (C=O) groups is 1. The van der Waals surface area contributed by atoms with Crippen molar-refractivity contribution in [3.05, 3.63) is 23.8 Å². The van der Waals surface area contributed by atoms with Crippen LogP contribution in [-0.4, -0.2) is 26.8 Å². The number of fused-ring (bicyclic) bond motifs is 1. The Kier molecular flexibility index (Phi) is 4.93. The lowest BCUT2D eigenvalue weighted by Gasteiger charge is -2.18.